The largest absolute Gasteiger partial charge is 0.508 e. The van der Waals surface area contributed by atoms with Gasteiger partial charge in [-0.1, -0.05) is 18.2 Å². The van der Waals surface area contributed by atoms with Crippen LogP contribution in [0.15, 0.2) is 48.7 Å². The van der Waals surface area contributed by atoms with Crippen molar-refractivity contribution in [3.63, 3.8) is 0 Å². The molecule has 152 valence electrons. The maximum absolute atomic E-state index is 11.1. The van der Waals surface area contributed by atoms with Crippen molar-refractivity contribution < 1.29 is 15.0 Å². The fourth-order valence-electron chi connectivity index (χ4n) is 4.41. The lowest BCUT2D eigenvalue weighted by Crippen LogP contribution is -2.33. The van der Waals surface area contributed by atoms with E-state index in [0.717, 1.165) is 43.4 Å². The Hall–Kier alpha value is -2.79. The standard InChI is InChI=1S/C24H28N2O3/c27-21-7-4-17(5-8-21)18-10-13-26(14-11-18)12-2-1-3-20-16-25-23-15-19(24(28)29)6-9-22(20)23/h4-9,15-16,18,25,27H,1-3,10-14H2,(H,28,29). The number of aromatic nitrogens is 1. The van der Waals surface area contributed by atoms with E-state index in [9.17, 15) is 9.90 Å². The number of H-pyrrole nitrogens is 1. The molecule has 1 aliphatic rings. The van der Waals surface area contributed by atoms with Gasteiger partial charge < -0.3 is 20.1 Å². The molecule has 5 heteroatoms. The second-order valence-electron chi connectivity index (χ2n) is 8.04. The SMILES string of the molecule is O=C(O)c1ccc2c(CCCCN3CCC(c4ccc(O)cc4)CC3)c[nH]c2c1. The molecule has 29 heavy (non-hydrogen) atoms. The molecule has 5 nitrogen and oxygen atoms in total. The van der Waals surface area contributed by atoms with Crippen molar-refractivity contribution in [1.29, 1.82) is 0 Å². The quantitative estimate of drug-likeness (QED) is 0.506. The number of carbonyl (C=O) groups is 1. The van der Waals surface area contributed by atoms with Gasteiger partial charge in [-0.2, -0.15) is 0 Å². The average molecular weight is 392 g/mol. The molecule has 2 aromatic carbocycles. The molecule has 2 heterocycles. The number of aryl methyl sites for hydroxylation is 1. The lowest BCUT2D eigenvalue weighted by atomic mass is 9.89. The number of rotatable bonds is 7. The van der Waals surface area contributed by atoms with Gasteiger partial charge in [-0.25, -0.2) is 4.79 Å². The third kappa shape index (κ3) is 4.62. The lowest BCUT2D eigenvalue weighted by Gasteiger charge is -2.32. The first-order valence-corrected chi connectivity index (χ1v) is 10.4. The summed E-state index contributed by atoms with van der Waals surface area (Å²) in [5.41, 5.74) is 3.83. The third-order valence-electron chi connectivity index (χ3n) is 6.14. The number of unbranched alkanes of at least 4 members (excludes halogenated alkanes) is 1. The van der Waals surface area contributed by atoms with Crippen LogP contribution in [0, 0.1) is 0 Å². The van der Waals surface area contributed by atoms with Gasteiger partial charge in [0, 0.05) is 17.1 Å². The summed E-state index contributed by atoms with van der Waals surface area (Å²) in [7, 11) is 0. The summed E-state index contributed by atoms with van der Waals surface area (Å²) in [4.78, 5) is 16.9. The van der Waals surface area contributed by atoms with Crippen LogP contribution in [-0.2, 0) is 6.42 Å². The Labute approximate surface area is 171 Å². The zero-order valence-electron chi connectivity index (χ0n) is 16.6. The number of aromatic hydroxyl groups is 1. The van der Waals surface area contributed by atoms with Gasteiger partial charge in [-0.15, -0.1) is 0 Å². The predicted molar refractivity (Wildman–Crippen MR) is 115 cm³/mol. The molecule has 0 unspecified atom stereocenters. The number of nitrogens with zero attached hydrogens (tertiary/aromatic N) is 1. The summed E-state index contributed by atoms with van der Waals surface area (Å²) in [5.74, 6) is 0.0507. The van der Waals surface area contributed by atoms with E-state index >= 15 is 0 Å². The number of phenolic OH excluding ortho intramolecular Hbond substituents is 1. The Bertz CT molecular complexity index is 969. The molecule has 0 radical (unpaired) electrons. The number of hydrogen-bond acceptors (Lipinski definition) is 3. The van der Waals surface area contributed by atoms with Crippen LogP contribution in [-0.4, -0.2) is 45.7 Å². The van der Waals surface area contributed by atoms with E-state index in [2.05, 4.69) is 22.0 Å². The van der Waals surface area contributed by atoms with Crippen LogP contribution in [0.4, 0.5) is 0 Å². The van der Waals surface area contributed by atoms with Gasteiger partial charge >= 0.3 is 5.97 Å². The van der Waals surface area contributed by atoms with Gasteiger partial charge in [-0.05, 0) is 93.0 Å². The summed E-state index contributed by atoms with van der Waals surface area (Å²) in [5, 5.41) is 19.7. The number of benzene rings is 2. The molecule has 0 aliphatic carbocycles. The highest BCUT2D eigenvalue weighted by Crippen LogP contribution is 2.29. The van der Waals surface area contributed by atoms with Crippen LogP contribution in [0.2, 0.25) is 0 Å². The van der Waals surface area contributed by atoms with E-state index in [-0.39, 0.29) is 0 Å². The van der Waals surface area contributed by atoms with E-state index in [1.165, 1.54) is 30.4 Å². The summed E-state index contributed by atoms with van der Waals surface area (Å²) in [6, 6.07) is 13.0. The summed E-state index contributed by atoms with van der Waals surface area (Å²) < 4.78 is 0. The van der Waals surface area contributed by atoms with Gasteiger partial charge in [0.15, 0.2) is 0 Å². The highest BCUT2D eigenvalue weighted by Gasteiger charge is 2.20. The molecule has 1 aromatic heterocycles. The molecule has 0 bridgehead atoms. The van der Waals surface area contributed by atoms with Crippen molar-refractivity contribution in [2.75, 3.05) is 19.6 Å². The first-order chi connectivity index (χ1) is 14.1. The minimum Gasteiger partial charge on any atom is -0.508 e. The van der Waals surface area contributed by atoms with Crippen LogP contribution in [0.3, 0.4) is 0 Å². The smallest absolute Gasteiger partial charge is 0.335 e. The molecule has 1 fully saturated rings. The van der Waals surface area contributed by atoms with Gasteiger partial charge in [0.2, 0.25) is 0 Å². The van der Waals surface area contributed by atoms with Crippen molar-refractivity contribution in [1.82, 2.24) is 9.88 Å². The van der Waals surface area contributed by atoms with Crippen LogP contribution in [0.5, 0.6) is 5.75 Å². The summed E-state index contributed by atoms with van der Waals surface area (Å²) >= 11 is 0. The number of carboxylic acids is 1. The number of likely N-dealkylation sites (tertiary alicyclic amines) is 1. The van der Waals surface area contributed by atoms with E-state index < -0.39 is 5.97 Å². The van der Waals surface area contributed by atoms with Crippen molar-refractivity contribution in [3.05, 3.63) is 65.4 Å². The zero-order chi connectivity index (χ0) is 20.2. The van der Waals surface area contributed by atoms with Crippen molar-refractivity contribution >= 4 is 16.9 Å². The second kappa shape index (κ2) is 8.70. The molecule has 1 aliphatic heterocycles. The number of phenols is 1. The fraction of sp³-hybridized carbons (Fsp3) is 0.375. The Kier molecular flexibility index (Phi) is 5.86. The zero-order valence-corrected chi connectivity index (χ0v) is 16.6. The molecular formula is C24H28N2O3. The van der Waals surface area contributed by atoms with Crippen molar-refractivity contribution in [2.45, 2.75) is 38.0 Å². The monoisotopic (exact) mass is 392 g/mol. The Morgan fingerprint density at radius 2 is 1.83 bits per heavy atom. The average Bonchev–Trinajstić information content (AvgIpc) is 3.14. The Morgan fingerprint density at radius 3 is 2.55 bits per heavy atom. The second-order valence-corrected chi connectivity index (χ2v) is 8.04. The number of nitrogens with one attached hydrogen (secondary N) is 1. The minimum atomic E-state index is -0.891. The Morgan fingerprint density at radius 1 is 1.07 bits per heavy atom. The van der Waals surface area contributed by atoms with Crippen molar-refractivity contribution in [3.8, 4) is 5.75 Å². The lowest BCUT2D eigenvalue weighted by molar-refractivity contribution is 0.0697. The van der Waals surface area contributed by atoms with Gasteiger partial charge in [0.05, 0.1) is 5.56 Å². The highest BCUT2D eigenvalue weighted by atomic mass is 16.4. The molecular weight excluding hydrogens is 364 g/mol. The molecule has 0 saturated carbocycles. The third-order valence-corrected chi connectivity index (χ3v) is 6.14. The number of hydrogen-bond donors (Lipinski definition) is 3. The van der Waals surface area contributed by atoms with Gasteiger partial charge in [0.25, 0.3) is 0 Å². The molecule has 0 amide bonds. The topological polar surface area (TPSA) is 76.6 Å². The number of aromatic amines is 1. The summed E-state index contributed by atoms with van der Waals surface area (Å²) in [6.45, 7) is 3.40. The van der Waals surface area contributed by atoms with Gasteiger partial charge in [0.1, 0.15) is 5.75 Å². The van der Waals surface area contributed by atoms with Crippen LogP contribution < -0.4 is 0 Å². The van der Waals surface area contributed by atoms with E-state index in [1.807, 2.05) is 12.3 Å². The van der Waals surface area contributed by atoms with E-state index in [1.54, 1.807) is 24.3 Å². The number of fused-ring (bicyclic) bond motifs is 1. The van der Waals surface area contributed by atoms with Crippen LogP contribution >= 0.6 is 0 Å². The van der Waals surface area contributed by atoms with Crippen LogP contribution in [0.1, 0.15) is 53.1 Å². The molecule has 1 saturated heterocycles. The number of aromatic carboxylic acids is 1. The Balaban J connectivity index is 1.22. The highest BCUT2D eigenvalue weighted by molar-refractivity contribution is 5.94. The predicted octanol–water partition coefficient (Wildman–Crippen LogP) is 4.77. The summed E-state index contributed by atoms with van der Waals surface area (Å²) in [6.07, 6.45) is 7.68. The molecule has 0 atom stereocenters. The first kappa shape index (κ1) is 19.5. The first-order valence-electron chi connectivity index (χ1n) is 10.4. The van der Waals surface area contributed by atoms with Crippen molar-refractivity contribution in [2.24, 2.45) is 0 Å². The molecule has 4 rings (SSSR count). The fourth-order valence-corrected chi connectivity index (χ4v) is 4.41. The molecule has 3 aromatic rings. The maximum Gasteiger partial charge on any atom is 0.335 e. The normalized spacial score (nSPS) is 15.7. The van der Waals surface area contributed by atoms with E-state index in [4.69, 9.17) is 5.11 Å². The maximum atomic E-state index is 11.1. The van der Waals surface area contributed by atoms with Crippen LogP contribution in [0.25, 0.3) is 10.9 Å². The minimum absolute atomic E-state index is 0.321. The van der Waals surface area contributed by atoms with Gasteiger partial charge in [-0.3, -0.25) is 0 Å². The molecule has 3 N–H and O–H groups in total. The molecule has 0 spiro atoms. The number of piperidine rings is 1. The van der Waals surface area contributed by atoms with E-state index in [0.29, 0.717) is 17.2 Å². The number of carboxylic acid groups (broad SMARTS) is 1.